The van der Waals surface area contributed by atoms with Gasteiger partial charge in [-0.3, -0.25) is 9.67 Å². The van der Waals surface area contributed by atoms with E-state index in [1.807, 2.05) is 49.7 Å². The molecule has 0 radical (unpaired) electrons. The summed E-state index contributed by atoms with van der Waals surface area (Å²) in [4.78, 5) is 4.50. The van der Waals surface area contributed by atoms with E-state index in [1.165, 1.54) is 11.3 Å². The number of halogens is 1. The molecule has 0 saturated carbocycles. The fourth-order valence-corrected chi connectivity index (χ4v) is 2.75. The van der Waals surface area contributed by atoms with Crippen LogP contribution >= 0.6 is 24.0 Å². The Kier molecular flexibility index (Phi) is 10.4. The molecule has 0 amide bonds. The number of aromatic nitrogens is 2. The van der Waals surface area contributed by atoms with E-state index in [2.05, 4.69) is 33.7 Å². The number of aryl methyl sites for hydroxylation is 4. The zero-order valence-corrected chi connectivity index (χ0v) is 19.0. The SMILES string of the molecule is CCNC(=NCC(O)c1ccc(C)cc1)NCCCn1nc(C)cc1C.I. The second-order valence-corrected chi connectivity index (χ2v) is 6.58. The molecule has 0 bridgehead atoms. The van der Waals surface area contributed by atoms with Crippen LogP contribution in [-0.4, -0.2) is 40.5 Å². The van der Waals surface area contributed by atoms with Crippen LogP contribution in [0.4, 0.5) is 0 Å². The van der Waals surface area contributed by atoms with Gasteiger partial charge >= 0.3 is 0 Å². The lowest BCUT2D eigenvalue weighted by molar-refractivity contribution is 0.187. The molecule has 3 N–H and O–H groups in total. The fourth-order valence-electron chi connectivity index (χ4n) is 2.75. The van der Waals surface area contributed by atoms with Gasteiger partial charge in [0.25, 0.3) is 0 Å². The van der Waals surface area contributed by atoms with Crippen molar-refractivity contribution in [1.82, 2.24) is 20.4 Å². The van der Waals surface area contributed by atoms with Crippen molar-refractivity contribution in [3.05, 3.63) is 52.8 Å². The molecule has 0 saturated heterocycles. The highest BCUT2D eigenvalue weighted by Gasteiger charge is 2.07. The zero-order valence-electron chi connectivity index (χ0n) is 16.7. The molecule has 27 heavy (non-hydrogen) atoms. The zero-order chi connectivity index (χ0) is 18.9. The number of nitrogens with zero attached hydrogens (tertiary/aromatic N) is 3. The van der Waals surface area contributed by atoms with Crippen LogP contribution in [0.3, 0.4) is 0 Å². The largest absolute Gasteiger partial charge is 0.386 e. The Hall–Kier alpha value is -1.61. The van der Waals surface area contributed by atoms with Crippen molar-refractivity contribution in [3.8, 4) is 0 Å². The van der Waals surface area contributed by atoms with Gasteiger partial charge in [0, 0.05) is 25.3 Å². The third-order valence-electron chi connectivity index (χ3n) is 4.17. The molecule has 0 aliphatic carbocycles. The van der Waals surface area contributed by atoms with Gasteiger partial charge in [0.15, 0.2) is 5.96 Å². The van der Waals surface area contributed by atoms with E-state index in [4.69, 9.17) is 0 Å². The first-order valence-electron chi connectivity index (χ1n) is 9.27. The topological polar surface area (TPSA) is 74.5 Å². The Morgan fingerprint density at radius 1 is 1.19 bits per heavy atom. The van der Waals surface area contributed by atoms with E-state index in [0.717, 1.165) is 43.3 Å². The van der Waals surface area contributed by atoms with Crippen LogP contribution in [-0.2, 0) is 6.54 Å². The molecule has 0 fully saturated rings. The number of guanidine groups is 1. The number of aliphatic hydroxyl groups is 1. The smallest absolute Gasteiger partial charge is 0.191 e. The van der Waals surface area contributed by atoms with Crippen molar-refractivity contribution >= 4 is 29.9 Å². The van der Waals surface area contributed by atoms with Crippen LogP contribution in [0.15, 0.2) is 35.3 Å². The molecule has 2 aromatic rings. The lowest BCUT2D eigenvalue weighted by Gasteiger charge is -2.14. The van der Waals surface area contributed by atoms with Crippen LogP contribution < -0.4 is 10.6 Å². The summed E-state index contributed by atoms with van der Waals surface area (Å²) < 4.78 is 2.03. The van der Waals surface area contributed by atoms with Crippen LogP contribution in [0.25, 0.3) is 0 Å². The Morgan fingerprint density at radius 2 is 1.89 bits per heavy atom. The fraction of sp³-hybridized carbons (Fsp3) is 0.500. The average Bonchev–Trinajstić information content (AvgIpc) is 2.94. The Labute approximate surface area is 179 Å². The predicted octanol–water partition coefficient (Wildman–Crippen LogP) is 3.11. The normalized spacial score (nSPS) is 12.4. The highest BCUT2D eigenvalue weighted by molar-refractivity contribution is 14.0. The molecule has 0 spiro atoms. The molecule has 7 heteroatoms. The van der Waals surface area contributed by atoms with Crippen LogP contribution in [0.1, 0.15) is 42.0 Å². The monoisotopic (exact) mass is 485 g/mol. The van der Waals surface area contributed by atoms with Crippen molar-refractivity contribution in [2.24, 2.45) is 4.99 Å². The maximum absolute atomic E-state index is 10.3. The first kappa shape index (κ1) is 23.4. The number of benzene rings is 1. The standard InChI is InChI=1S/C20H31N5O.HI/c1-5-21-20(22-11-6-12-25-17(4)13-16(3)24-25)23-14-19(26)18-9-7-15(2)8-10-18;/h7-10,13,19,26H,5-6,11-12,14H2,1-4H3,(H2,21,22,23);1H. The van der Waals surface area contributed by atoms with Gasteiger partial charge in [0.1, 0.15) is 0 Å². The number of hydrogen-bond acceptors (Lipinski definition) is 3. The third-order valence-corrected chi connectivity index (χ3v) is 4.17. The van der Waals surface area contributed by atoms with Gasteiger partial charge in [0.2, 0.25) is 0 Å². The second kappa shape index (κ2) is 12.0. The molecule has 1 atom stereocenters. The van der Waals surface area contributed by atoms with Crippen molar-refractivity contribution in [1.29, 1.82) is 0 Å². The lowest BCUT2D eigenvalue weighted by atomic mass is 10.1. The van der Waals surface area contributed by atoms with Crippen LogP contribution in [0, 0.1) is 20.8 Å². The van der Waals surface area contributed by atoms with Crippen molar-refractivity contribution < 1.29 is 5.11 Å². The van der Waals surface area contributed by atoms with E-state index in [-0.39, 0.29) is 24.0 Å². The number of aliphatic hydroxyl groups excluding tert-OH is 1. The van der Waals surface area contributed by atoms with E-state index < -0.39 is 6.10 Å². The minimum Gasteiger partial charge on any atom is -0.386 e. The van der Waals surface area contributed by atoms with Crippen molar-refractivity contribution in [2.75, 3.05) is 19.6 Å². The molecule has 1 aromatic heterocycles. The summed E-state index contributed by atoms with van der Waals surface area (Å²) in [6.45, 7) is 10.9. The molecule has 6 nitrogen and oxygen atoms in total. The maximum Gasteiger partial charge on any atom is 0.191 e. The summed E-state index contributed by atoms with van der Waals surface area (Å²) in [5, 5.41) is 21.3. The summed E-state index contributed by atoms with van der Waals surface area (Å²) in [5.41, 5.74) is 4.31. The number of aliphatic imine (C=N–C) groups is 1. The number of hydrogen-bond donors (Lipinski definition) is 3. The molecular weight excluding hydrogens is 453 g/mol. The molecule has 150 valence electrons. The second-order valence-electron chi connectivity index (χ2n) is 6.58. The Balaban J connectivity index is 0.00000364. The van der Waals surface area contributed by atoms with Crippen molar-refractivity contribution in [3.63, 3.8) is 0 Å². The molecule has 0 aliphatic rings. The van der Waals surface area contributed by atoms with Gasteiger partial charge in [-0.25, -0.2) is 0 Å². The quantitative estimate of drug-likeness (QED) is 0.233. The molecular formula is C20H32IN5O. The van der Waals surface area contributed by atoms with E-state index in [0.29, 0.717) is 6.54 Å². The van der Waals surface area contributed by atoms with Gasteiger partial charge < -0.3 is 15.7 Å². The average molecular weight is 485 g/mol. The Morgan fingerprint density at radius 3 is 2.48 bits per heavy atom. The molecule has 1 aromatic carbocycles. The first-order chi connectivity index (χ1) is 12.5. The molecule has 2 rings (SSSR count). The van der Waals surface area contributed by atoms with Gasteiger partial charge in [0.05, 0.1) is 18.3 Å². The van der Waals surface area contributed by atoms with E-state index in [9.17, 15) is 5.11 Å². The van der Waals surface area contributed by atoms with Gasteiger partial charge in [-0.1, -0.05) is 29.8 Å². The van der Waals surface area contributed by atoms with Gasteiger partial charge in [-0.2, -0.15) is 5.10 Å². The minimum absolute atomic E-state index is 0. The highest BCUT2D eigenvalue weighted by Crippen LogP contribution is 2.13. The molecule has 1 heterocycles. The van der Waals surface area contributed by atoms with Crippen molar-refractivity contribution in [2.45, 2.75) is 46.8 Å². The number of nitrogens with one attached hydrogen (secondary N) is 2. The van der Waals surface area contributed by atoms with E-state index in [1.54, 1.807) is 0 Å². The molecule has 0 aliphatic heterocycles. The minimum atomic E-state index is -0.597. The summed E-state index contributed by atoms with van der Waals surface area (Å²) in [5.74, 6) is 0.729. The number of rotatable bonds is 8. The van der Waals surface area contributed by atoms with Crippen LogP contribution in [0.5, 0.6) is 0 Å². The summed E-state index contributed by atoms with van der Waals surface area (Å²) >= 11 is 0. The summed E-state index contributed by atoms with van der Waals surface area (Å²) in [6.07, 6.45) is 0.355. The van der Waals surface area contributed by atoms with Crippen LogP contribution in [0.2, 0.25) is 0 Å². The van der Waals surface area contributed by atoms with E-state index >= 15 is 0 Å². The first-order valence-corrected chi connectivity index (χ1v) is 9.27. The summed E-state index contributed by atoms with van der Waals surface area (Å²) in [7, 11) is 0. The lowest BCUT2D eigenvalue weighted by Crippen LogP contribution is -2.38. The summed E-state index contributed by atoms with van der Waals surface area (Å²) in [6, 6.07) is 10.00. The Bertz CT molecular complexity index is 712. The maximum atomic E-state index is 10.3. The predicted molar refractivity (Wildman–Crippen MR) is 122 cm³/mol. The van der Waals surface area contributed by atoms with Gasteiger partial charge in [-0.15, -0.1) is 24.0 Å². The van der Waals surface area contributed by atoms with Gasteiger partial charge in [-0.05, 0) is 45.7 Å². The third kappa shape index (κ3) is 7.88. The molecule has 1 unspecified atom stereocenters. The highest BCUT2D eigenvalue weighted by atomic mass is 127.